The van der Waals surface area contributed by atoms with Gasteiger partial charge in [0.25, 0.3) is 0 Å². The van der Waals surface area contributed by atoms with Gasteiger partial charge in [0.15, 0.2) is 5.75 Å². The van der Waals surface area contributed by atoms with Crippen LogP contribution in [0, 0.1) is 10.1 Å². The van der Waals surface area contributed by atoms with Crippen LogP contribution in [0.5, 0.6) is 5.75 Å². The van der Waals surface area contributed by atoms with Crippen molar-refractivity contribution in [3.8, 4) is 5.75 Å². The molecule has 0 heterocycles. The van der Waals surface area contributed by atoms with E-state index in [0.29, 0.717) is 4.47 Å². The molecule has 0 aliphatic carbocycles. The zero-order valence-corrected chi connectivity index (χ0v) is 13.6. The van der Waals surface area contributed by atoms with Crippen molar-refractivity contribution in [1.82, 2.24) is 5.32 Å². The lowest BCUT2D eigenvalue weighted by atomic mass is 9.94. The first-order valence-corrected chi connectivity index (χ1v) is 7.08. The van der Waals surface area contributed by atoms with Crippen molar-refractivity contribution in [3.05, 3.63) is 32.8 Å². The first-order chi connectivity index (χ1) is 9.69. The molecule has 21 heavy (non-hydrogen) atoms. The summed E-state index contributed by atoms with van der Waals surface area (Å²) in [4.78, 5) is 22.0. The van der Waals surface area contributed by atoms with Crippen LogP contribution in [-0.4, -0.2) is 29.5 Å². The van der Waals surface area contributed by atoms with Crippen molar-refractivity contribution in [2.24, 2.45) is 5.73 Å². The predicted molar refractivity (Wildman–Crippen MR) is 82.2 cm³/mol. The number of nitrogens with two attached hydrogens (primary N) is 1. The van der Waals surface area contributed by atoms with E-state index in [2.05, 4.69) is 21.2 Å². The number of likely N-dealkylation sites (N-methyl/N-ethyl adjacent to an activating group) is 1. The number of nitro benzene ring substituents is 1. The molecule has 0 bridgehead atoms. The third-order valence-corrected chi connectivity index (χ3v) is 3.73. The summed E-state index contributed by atoms with van der Waals surface area (Å²) in [7, 11) is 1.62. The molecular weight excluding hydrogens is 342 g/mol. The summed E-state index contributed by atoms with van der Waals surface area (Å²) in [6.07, 6.45) is -0.152. The first-order valence-electron chi connectivity index (χ1n) is 6.29. The highest BCUT2D eigenvalue weighted by molar-refractivity contribution is 9.10. The second kappa shape index (κ2) is 6.86. The molecule has 116 valence electrons. The van der Waals surface area contributed by atoms with E-state index in [0.717, 1.165) is 0 Å². The highest BCUT2D eigenvalue weighted by Gasteiger charge is 2.32. The maximum absolute atomic E-state index is 11.4. The van der Waals surface area contributed by atoms with E-state index in [9.17, 15) is 14.9 Å². The molecule has 2 atom stereocenters. The number of carbonyl (C=O) groups is 1. The molecule has 0 fully saturated rings. The highest BCUT2D eigenvalue weighted by Crippen LogP contribution is 2.31. The summed E-state index contributed by atoms with van der Waals surface area (Å²) in [6.45, 7) is 3.38. The van der Waals surface area contributed by atoms with Crippen LogP contribution in [0.4, 0.5) is 5.69 Å². The van der Waals surface area contributed by atoms with Crippen molar-refractivity contribution in [2.45, 2.75) is 31.9 Å². The number of nitro groups is 1. The molecule has 1 rings (SSSR count). The Bertz CT molecular complexity index is 552. The standard InChI is InChI=1S/C13H18BrN3O4/c1-8(7-13(2,16-3)12(15)18)21-11-5-4-9(14)6-10(11)17(19)20/h4-6,8,16H,7H2,1-3H3,(H2,15,18). The minimum atomic E-state index is -0.941. The molecule has 1 aromatic rings. The molecule has 1 amide bonds. The fourth-order valence-electron chi connectivity index (χ4n) is 1.89. The molecule has 0 aliphatic heterocycles. The SMILES string of the molecule is CNC(C)(CC(C)Oc1ccc(Br)cc1[N+](=O)[O-])C(N)=O. The average molecular weight is 360 g/mol. The Balaban J connectivity index is 2.91. The number of halogens is 1. The van der Waals surface area contributed by atoms with Gasteiger partial charge in [-0.3, -0.25) is 14.9 Å². The van der Waals surface area contributed by atoms with Gasteiger partial charge in [-0.25, -0.2) is 0 Å². The molecule has 0 aromatic heterocycles. The average Bonchev–Trinajstić information content (AvgIpc) is 2.40. The van der Waals surface area contributed by atoms with Crippen molar-refractivity contribution >= 4 is 27.5 Å². The molecule has 3 N–H and O–H groups in total. The lowest BCUT2D eigenvalue weighted by Gasteiger charge is -2.28. The zero-order chi connectivity index (χ0) is 16.2. The number of hydrogen-bond donors (Lipinski definition) is 2. The summed E-state index contributed by atoms with van der Waals surface area (Å²) in [6, 6.07) is 4.54. The van der Waals surface area contributed by atoms with Crippen LogP contribution in [0.2, 0.25) is 0 Å². The Hall–Kier alpha value is -1.67. The number of nitrogens with zero attached hydrogens (tertiary/aromatic N) is 1. The van der Waals surface area contributed by atoms with Gasteiger partial charge in [0, 0.05) is 17.0 Å². The van der Waals surface area contributed by atoms with E-state index >= 15 is 0 Å². The monoisotopic (exact) mass is 359 g/mol. The number of hydrogen-bond acceptors (Lipinski definition) is 5. The van der Waals surface area contributed by atoms with Gasteiger partial charge in [0.1, 0.15) is 0 Å². The van der Waals surface area contributed by atoms with Crippen LogP contribution < -0.4 is 15.8 Å². The van der Waals surface area contributed by atoms with E-state index in [4.69, 9.17) is 10.5 Å². The summed E-state index contributed by atoms with van der Waals surface area (Å²) in [5.41, 5.74) is 4.27. The van der Waals surface area contributed by atoms with Gasteiger partial charge in [0.05, 0.1) is 16.6 Å². The summed E-state index contributed by atoms with van der Waals surface area (Å²) < 4.78 is 6.19. The van der Waals surface area contributed by atoms with E-state index in [-0.39, 0.29) is 17.9 Å². The van der Waals surface area contributed by atoms with Crippen LogP contribution in [0.3, 0.4) is 0 Å². The quantitative estimate of drug-likeness (QED) is 0.571. The van der Waals surface area contributed by atoms with Gasteiger partial charge in [-0.15, -0.1) is 0 Å². The van der Waals surface area contributed by atoms with Crippen molar-refractivity contribution in [3.63, 3.8) is 0 Å². The van der Waals surface area contributed by atoms with E-state index in [1.807, 2.05) is 0 Å². The maximum Gasteiger partial charge on any atom is 0.312 e. The number of primary amides is 1. The van der Waals surface area contributed by atoms with Crippen molar-refractivity contribution < 1.29 is 14.5 Å². The fourth-order valence-corrected chi connectivity index (χ4v) is 2.24. The molecule has 0 saturated heterocycles. The highest BCUT2D eigenvalue weighted by atomic mass is 79.9. The van der Waals surface area contributed by atoms with E-state index in [1.54, 1.807) is 27.0 Å². The molecule has 8 heteroatoms. The molecule has 0 radical (unpaired) electrons. The number of nitrogens with one attached hydrogen (secondary N) is 1. The van der Waals surface area contributed by atoms with E-state index < -0.39 is 22.5 Å². The lowest BCUT2D eigenvalue weighted by molar-refractivity contribution is -0.386. The van der Waals surface area contributed by atoms with Gasteiger partial charge in [-0.1, -0.05) is 15.9 Å². The normalized spacial score (nSPS) is 15.0. The molecule has 0 spiro atoms. The van der Waals surface area contributed by atoms with Crippen LogP contribution in [0.15, 0.2) is 22.7 Å². The molecule has 1 aromatic carbocycles. The second-order valence-electron chi connectivity index (χ2n) is 4.95. The van der Waals surface area contributed by atoms with Crippen LogP contribution in [-0.2, 0) is 4.79 Å². The Morgan fingerprint density at radius 1 is 1.62 bits per heavy atom. The Morgan fingerprint density at radius 2 is 2.24 bits per heavy atom. The predicted octanol–water partition coefficient (Wildman–Crippen LogP) is 1.98. The number of amides is 1. The van der Waals surface area contributed by atoms with Crippen molar-refractivity contribution in [1.29, 1.82) is 0 Å². The first kappa shape index (κ1) is 17.4. The summed E-state index contributed by atoms with van der Waals surface area (Å²) >= 11 is 3.18. The van der Waals surface area contributed by atoms with Gasteiger partial charge in [0.2, 0.25) is 5.91 Å². The van der Waals surface area contributed by atoms with Gasteiger partial charge in [-0.05, 0) is 33.0 Å². The van der Waals surface area contributed by atoms with Crippen molar-refractivity contribution in [2.75, 3.05) is 7.05 Å². The Morgan fingerprint density at radius 3 is 2.71 bits per heavy atom. The van der Waals surface area contributed by atoms with Crippen LogP contribution in [0.1, 0.15) is 20.3 Å². The molecule has 0 saturated carbocycles. The van der Waals surface area contributed by atoms with E-state index in [1.165, 1.54) is 12.1 Å². The minimum Gasteiger partial charge on any atom is -0.484 e. The molecule has 7 nitrogen and oxygen atoms in total. The van der Waals surface area contributed by atoms with Gasteiger partial charge < -0.3 is 15.8 Å². The minimum absolute atomic E-state index is 0.138. The third kappa shape index (κ3) is 4.40. The Kier molecular flexibility index (Phi) is 5.68. The molecular formula is C13H18BrN3O4. The Labute approximate surface area is 131 Å². The largest absolute Gasteiger partial charge is 0.484 e. The number of benzene rings is 1. The lowest BCUT2D eigenvalue weighted by Crippen LogP contribution is -2.53. The van der Waals surface area contributed by atoms with Gasteiger partial charge in [-0.2, -0.15) is 0 Å². The van der Waals surface area contributed by atoms with Gasteiger partial charge >= 0.3 is 5.69 Å². The summed E-state index contributed by atoms with van der Waals surface area (Å²) in [5, 5.41) is 13.9. The smallest absolute Gasteiger partial charge is 0.312 e. The number of ether oxygens (including phenoxy) is 1. The fraction of sp³-hybridized carbons (Fsp3) is 0.462. The zero-order valence-electron chi connectivity index (χ0n) is 12.1. The molecule has 0 aliphatic rings. The number of carbonyl (C=O) groups excluding carboxylic acids is 1. The maximum atomic E-state index is 11.4. The topological polar surface area (TPSA) is 107 Å². The third-order valence-electron chi connectivity index (χ3n) is 3.24. The number of rotatable bonds is 7. The van der Waals surface area contributed by atoms with Crippen LogP contribution in [0.25, 0.3) is 0 Å². The second-order valence-corrected chi connectivity index (χ2v) is 5.86. The summed E-state index contributed by atoms with van der Waals surface area (Å²) in [5.74, 6) is -0.357. The van der Waals surface area contributed by atoms with Crippen LogP contribution >= 0.6 is 15.9 Å². The molecule has 2 unspecified atom stereocenters.